The Morgan fingerprint density at radius 1 is 0.964 bits per heavy atom. The number of nitrogens with zero attached hydrogens (tertiary/aromatic N) is 4. The molecule has 0 aliphatic rings. The van der Waals surface area contributed by atoms with Crippen LogP contribution in [0.1, 0.15) is 27.6 Å². The topological polar surface area (TPSA) is 128 Å². The number of nitrogens with one attached hydrogen (secondary N) is 2. The van der Waals surface area contributed by atoms with Crippen molar-refractivity contribution in [2.75, 3.05) is 0 Å². The molecule has 2 aromatic carbocycles. The van der Waals surface area contributed by atoms with E-state index in [1.165, 1.54) is 30.1 Å². The third-order valence-corrected chi connectivity index (χ3v) is 3.70. The van der Waals surface area contributed by atoms with E-state index < -0.39 is 23.9 Å². The molecule has 0 saturated carbocycles. The van der Waals surface area contributed by atoms with Crippen molar-refractivity contribution < 1.29 is 19.1 Å². The van der Waals surface area contributed by atoms with Crippen LogP contribution < -0.4 is 10.9 Å². The minimum absolute atomic E-state index is 0.254. The normalized spacial score (nSPS) is 11.3. The van der Waals surface area contributed by atoms with Gasteiger partial charge in [-0.15, -0.1) is 5.10 Å². The maximum Gasteiger partial charge on any atom is 0.338 e. The number of benzene rings is 2. The Balaban J connectivity index is 1.52. The number of carbonyl (C=O) groups excluding carboxylic acids is 3. The summed E-state index contributed by atoms with van der Waals surface area (Å²) in [7, 11) is 0. The van der Waals surface area contributed by atoms with Crippen LogP contribution in [0.2, 0.25) is 0 Å². The highest BCUT2D eigenvalue weighted by atomic mass is 16.5. The average molecular weight is 380 g/mol. The Kier molecular flexibility index (Phi) is 5.70. The smallest absolute Gasteiger partial charge is 0.338 e. The molecule has 0 spiro atoms. The van der Waals surface area contributed by atoms with Crippen molar-refractivity contribution in [2.45, 2.75) is 13.0 Å². The fourth-order valence-electron chi connectivity index (χ4n) is 2.19. The van der Waals surface area contributed by atoms with Crippen LogP contribution in [0.5, 0.6) is 0 Å². The lowest BCUT2D eigenvalue weighted by Gasteiger charge is -2.14. The molecule has 3 rings (SSSR count). The molecule has 2 N–H and O–H groups in total. The molecular formula is C18H16N6O4. The summed E-state index contributed by atoms with van der Waals surface area (Å²) < 4.78 is 6.55. The quantitative estimate of drug-likeness (QED) is 0.492. The second kappa shape index (κ2) is 8.54. The van der Waals surface area contributed by atoms with Gasteiger partial charge in [0, 0.05) is 5.56 Å². The van der Waals surface area contributed by atoms with Gasteiger partial charge in [0.1, 0.15) is 6.33 Å². The van der Waals surface area contributed by atoms with Gasteiger partial charge in [-0.2, -0.15) is 0 Å². The maximum atomic E-state index is 12.2. The van der Waals surface area contributed by atoms with Crippen LogP contribution >= 0.6 is 0 Å². The number of tetrazole rings is 1. The number of carbonyl (C=O) groups is 3. The fraction of sp³-hybridized carbons (Fsp3) is 0.111. The summed E-state index contributed by atoms with van der Waals surface area (Å²) in [5.41, 5.74) is 5.79. The number of hydrogen-bond acceptors (Lipinski definition) is 7. The van der Waals surface area contributed by atoms with E-state index in [4.69, 9.17) is 4.74 Å². The molecule has 28 heavy (non-hydrogen) atoms. The lowest BCUT2D eigenvalue weighted by molar-refractivity contribution is -0.129. The Morgan fingerprint density at radius 2 is 1.68 bits per heavy atom. The molecule has 1 aromatic heterocycles. The summed E-state index contributed by atoms with van der Waals surface area (Å²) >= 11 is 0. The van der Waals surface area contributed by atoms with E-state index in [0.29, 0.717) is 11.3 Å². The largest absolute Gasteiger partial charge is 0.449 e. The molecule has 0 aliphatic heterocycles. The molecule has 1 heterocycles. The molecule has 0 saturated heterocycles. The molecule has 142 valence electrons. The number of hydrogen-bond donors (Lipinski definition) is 2. The Bertz CT molecular complexity index is 958. The van der Waals surface area contributed by atoms with Gasteiger partial charge in [-0.3, -0.25) is 20.4 Å². The van der Waals surface area contributed by atoms with Gasteiger partial charge in [-0.25, -0.2) is 9.48 Å². The molecule has 0 bridgehead atoms. The monoisotopic (exact) mass is 380 g/mol. The fourth-order valence-corrected chi connectivity index (χ4v) is 2.19. The average Bonchev–Trinajstić information content (AvgIpc) is 3.27. The number of esters is 1. The van der Waals surface area contributed by atoms with Gasteiger partial charge in [-0.05, 0) is 53.7 Å². The van der Waals surface area contributed by atoms with Crippen molar-refractivity contribution in [1.82, 2.24) is 31.1 Å². The van der Waals surface area contributed by atoms with Crippen molar-refractivity contribution in [3.05, 3.63) is 72.1 Å². The highest BCUT2D eigenvalue weighted by Gasteiger charge is 2.19. The minimum atomic E-state index is -1.11. The first-order chi connectivity index (χ1) is 13.5. The van der Waals surface area contributed by atoms with Crippen LogP contribution in [0.25, 0.3) is 5.69 Å². The van der Waals surface area contributed by atoms with Crippen LogP contribution in [0, 0.1) is 0 Å². The third kappa shape index (κ3) is 4.55. The zero-order valence-corrected chi connectivity index (χ0v) is 14.8. The summed E-state index contributed by atoms with van der Waals surface area (Å²) in [6.07, 6.45) is 0.312. The third-order valence-electron chi connectivity index (χ3n) is 3.70. The molecule has 0 aliphatic carbocycles. The van der Waals surface area contributed by atoms with Crippen molar-refractivity contribution >= 4 is 17.8 Å². The molecular weight excluding hydrogens is 364 g/mol. The second-order valence-electron chi connectivity index (χ2n) is 5.66. The molecule has 2 amide bonds. The van der Waals surface area contributed by atoms with Crippen molar-refractivity contribution in [3.8, 4) is 5.69 Å². The lowest BCUT2D eigenvalue weighted by Crippen LogP contribution is -2.46. The predicted octanol–water partition coefficient (Wildman–Crippen LogP) is 0.669. The number of hydrazine groups is 1. The first-order valence-corrected chi connectivity index (χ1v) is 8.24. The standard InChI is InChI=1S/C18H16N6O4/c1-12(16(25)20-21-17(26)13-5-3-2-4-6-13)28-18(27)14-7-9-15(10-8-14)24-11-19-22-23-24/h2-12H,1H3,(H,20,25)(H,21,26)/t12-/m1/s1. The molecule has 0 unspecified atom stereocenters. The number of aromatic nitrogens is 4. The first kappa shape index (κ1) is 18.7. The van der Waals surface area contributed by atoms with Crippen LogP contribution in [0.15, 0.2) is 60.9 Å². The number of amides is 2. The Hall–Kier alpha value is -4.08. The molecule has 10 heteroatoms. The lowest BCUT2D eigenvalue weighted by atomic mass is 10.2. The van der Waals surface area contributed by atoms with E-state index in [1.54, 1.807) is 42.5 Å². The zero-order valence-electron chi connectivity index (χ0n) is 14.8. The van der Waals surface area contributed by atoms with Crippen LogP contribution in [0.4, 0.5) is 0 Å². The van der Waals surface area contributed by atoms with E-state index in [9.17, 15) is 14.4 Å². The van der Waals surface area contributed by atoms with Crippen LogP contribution in [-0.2, 0) is 9.53 Å². The molecule has 0 fully saturated rings. The van der Waals surface area contributed by atoms with Gasteiger partial charge >= 0.3 is 5.97 Å². The second-order valence-corrected chi connectivity index (χ2v) is 5.66. The summed E-state index contributed by atoms with van der Waals surface area (Å²) in [6, 6.07) is 14.7. The van der Waals surface area contributed by atoms with Crippen molar-refractivity contribution in [1.29, 1.82) is 0 Å². The number of ether oxygens (including phenoxy) is 1. The summed E-state index contributed by atoms with van der Waals surface area (Å²) in [5, 5.41) is 10.8. The van der Waals surface area contributed by atoms with E-state index in [2.05, 4.69) is 26.4 Å². The summed E-state index contributed by atoms with van der Waals surface area (Å²) in [6.45, 7) is 1.40. The van der Waals surface area contributed by atoms with Crippen LogP contribution in [0.3, 0.4) is 0 Å². The summed E-state index contributed by atoms with van der Waals surface area (Å²) in [4.78, 5) is 36.1. The Morgan fingerprint density at radius 3 is 2.32 bits per heavy atom. The molecule has 1 atom stereocenters. The minimum Gasteiger partial charge on any atom is -0.449 e. The highest BCUT2D eigenvalue weighted by Crippen LogP contribution is 2.10. The number of rotatable bonds is 5. The Labute approximate surface area is 159 Å². The SMILES string of the molecule is C[C@@H](OC(=O)c1ccc(-n2cnnn2)cc1)C(=O)NNC(=O)c1ccccc1. The van der Waals surface area contributed by atoms with Gasteiger partial charge in [0.05, 0.1) is 11.3 Å². The molecule has 0 radical (unpaired) electrons. The highest BCUT2D eigenvalue weighted by molar-refractivity contribution is 5.96. The van der Waals surface area contributed by atoms with E-state index in [-0.39, 0.29) is 5.56 Å². The molecule has 10 nitrogen and oxygen atoms in total. The summed E-state index contributed by atoms with van der Waals surface area (Å²) in [5.74, 6) is -1.83. The van der Waals surface area contributed by atoms with Gasteiger partial charge in [0.15, 0.2) is 6.10 Å². The maximum absolute atomic E-state index is 12.2. The van der Waals surface area contributed by atoms with E-state index in [1.807, 2.05) is 0 Å². The molecule has 3 aromatic rings. The van der Waals surface area contributed by atoms with Gasteiger partial charge in [0.2, 0.25) is 0 Å². The van der Waals surface area contributed by atoms with Gasteiger partial charge in [-0.1, -0.05) is 18.2 Å². The van der Waals surface area contributed by atoms with E-state index >= 15 is 0 Å². The van der Waals surface area contributed by atoms with Crippen LogP contribution in [-0.4, -0.2) is 44.1 Å². The van der Waals surface area contributed by atoms with Gasteiger partial charge in [0.25, 0.3) is 11.8 Å². The van der Waals surface area contributed by atoms with Crippen molar-refractivity contribution in [2.24, 2.45) is 0 Å². The first-order valence-electron chi connectivity index (χ1n) is 8.24. The predicted molar refractivity (Wildman–Crippen MR) is 96.1 cm³/mol. The van der Waals surface area contributed by atoms with Crippen molar-refractivity contribution in [3.63, 3.8) is 0 Å². The van der Waals surface area contributed by atoms with Gasteiger partial charge < -0.3 is 4.74 Å². The zero-order chi connectivity index (χ0) is 19.9. The van der Waals surface area contributed by atoms with E-state index in [0.717, 1.165) is 0 Å².